The van der Waals surface area contributed by atoms with Crippen LogP contribution in [0.2, 0.25) is 0 Å². The summed E-state index contributed by atoms with van der Waals surface area (Å²) in [5.74, 6) is 0.883. The molecule has 11 aromatic rings. The molecule has 2 aliphatic rings. The van der Waals surface area contributed by atoms with Crippen LogP contribution in [0.15, 0.2) is 225 Å². The van der Waals surface area contributed by atoms with Crippen LogP contribution in [0.4, 0.5) is 34.1 Å². The molecular weight excluding hydrogens is 1060 g/mol. The Morgan fingerprint density at radius 2 is 1.10 bits per heavy atom. The second kappa shape index (κ2) is 17.7. The van der Waals surface area contributed by atoms with E-state index in [4.69, 9.17) is 4.98 Å². The third-order valence-electron chi connectivity index (χ3n) is 14.7. The maximum Gasteiger partial charge on any atom is 0.135 e. The van der Waals surface area contributed by atoms with Crippen molar-refractivity contribution in [1.82, 2.24) is 9.55 Å². The minimum atomic E-state index is -0.590. The van der Waals surface area contributed by atoms with Gasteiger partial charge in [-0.25, -0.2) is 4.98 Å². The van der Waals surface area contributed by atoms with E-state index in [9.17, 15) is 0 Å². The number of fused-ring (bicyclic) bond motifs is 1. The topological polar surface area (TPSA) is 27.5 Å². The van der Waals surface area contributed by atoms with E-state index in [1.165, 1.54) is 38.6 Å². The van der Waals surface area contributed by atoms with Gasteiger partial charge in [-0.1, -0.05) is 207 Å². The fourth-order valence-electron chi connectivity index (χ4n) is 11.3. The Balaban J connectivity index is 0.00000530. The molecule has 2 aromatic heterocycles. The van der Waals surface area contributed by atoms with E-state index in [0.717, 1.165) is 73.2 Å². The van der Waals surface area contributed by atoms with Gasteiger partial charge in [0, 0.05) is 73.4 Å². The van der Waals surface area contributed by atoms with Crippen molar-refractivity contribution in [1.29, 1.82) is 0 Å². The van der Waals surface area contributed by atoms with Crippen molar-refractivity contribution in [2.75, 3.05) is 21.7 Å². The van der Waals surface area contributed by atoms with E-state index < -0.39 is 5.41 Å². The minimum absolute atomic E-state index is 0. The molecule has 352 valence electrons. The standard InChI is InChI=1S/C66H50N5.Pt/c1-65(2,3)49-38-39-67-61(40-49)71-59-37-21-34-55-62(59)63-56(66(55,47-26-13-7-14-27-47)48-28-15-8-16-29-48)42-52(43-60(63)71)68(4)50-30-19-31-51(41-50)69-44-70(58-36-18-17-35-57(58)69)64-53(45-22-9-5-10-23-45)32-20-33-54(64)46-24-11-6-12-25-46;/h5-40,42,44H,1-4H3;/q-3;. The van der Waals surface area contributed by atoms with Crippen molar-refractivity contribution < 1.29 is 21.1 Å². The summed E-state index contributed by atoms with van der Waals surface area (Å²) in [5, 5.41) is 2.44. The van der Waals surface area contributed by atoms with Gasteiger partial charge in [0.2, 0.25) is 0 Å². The van der Waals surface area contributed by atoms with Gasteiger partial charge in [0.05, 0.1) is 0 Å². The third-order valence-corrected chi connectivity index (χ3v) is 14.7. The molecule has 13 rings (SSSR count). The van der Waals surface area contributed by atoms with Gasteiger partial charge >= 0.3 is 0 Å². The largest absolute Gasteiger partial charge is 0.493 e. The molecule has 0 N–H and O–H groups in total. The predicted molar refractivity (Wildman–Crippen MR) is 294 cm³/mol. The summed E-state index contributed by atoms with van der Waals surface area (Å²) < 4.78 is 2.34. The average molecular weight is 1110 g/mol. The van der Waals surface area contributed by atoms with Crippen LogP contribution in [0, 0.1) is 18.8 Å². The molecule has 0 bridgehead atoms. The molecule has 0 spiro atoms. The number of hydrogen-bond acceptors (Lipinski definition) is 4. The predicted octanol–water partition coefficient (Wildman–Crippen LogP) is 16.3. The van der Waals surface area contributed by atoms with Gasteiger partial charge in [0.1, 0.15) is 5.82 Å². The van der Waals surface area contributed by atoms with Crippen molar-refractivity contribution in [3.8, 4) is 28.1 Å². The van der Waals surface area contributed by atoms with Crippen LogP contribution in [0.3, 0.4) is 0 Å². The van der Waals surface area contributed by atoms with E-state index in [0.29, 0.717) is 0 Å². The summed E-state index contributed by atoms with van der Waals surface area (Å²) in [6.45, 7) is 9.01. The SMILES string of the molecule is CN(c1[c-]c(N2[CH-]N(c3c(-c4ccccc4)cccc3-c3ccccc3)c3ccccc32)ccc1)c1[c-]c2c3c(c1)C(c1ccccc1)(c1ccccc1)c1cccc(c13)n2-c1cc(C(C)(C)C)ccn1.[Pt]. The molecule has 0 radical (unpaired) electrons. The Hall–Kier alpha value is -7.98. The normalized spacial score (nSPS) is 13.4. The first kappa shape index (κ1) is 45.2. The van der Waals surface area contributed by atoms with Crippen molar-refractivity contribution in [3.05, 3.63) is 271 Å². The molecule has 3 heterocycles. The molecule has 0 saturated heterocycles. The summed E-state index contributed by atoms with van der Waals surface area (Å²) in [4.78, 5) is 12.0. The van der Waals surface area contributed by atoms with Crippen LogP contribution in [-0.2, 0) is 31.9 Å². The fourth-order valence-corrected chi connectivity index (χ4v) is 11.3. The van der Waals surface area contributed by atoms with Gasteiger partial charge in [-0.3, -0.25) is 0 Å². The number of hydrogen-bond donors (Lipinski definition) is 0. The molecule has 5 nitrogen and oxygen atoms in total. The molecule has 0 atom stereocenters. The van der Waals surface area contributed by atoms with Crippen LogP contribution in [0.1, 0.15) is 48.6 Å². The Morgan fingerprint density at radius 1 is 0.528 bits per heavy atom. The Kier molecular flexibility index (Phi) is 11.1. The first-order chi connectivity index (χ1) is 34.8. The Labute approximate surface area is 436 Å². The molecule has 72 heavy (non-hydrogen) atoms. The molecule has 1 aliphatic heterocycles. The monoisotopic (exact) mass is 1110 g/mol. The number of anilines is 6. The first-order valence-corrected chi connectivity index (χ1v) is 24.4. The van der Waals surface area contributed by atoms with E-state index in [1.807, 2.05) is 6.20 Å². The van der Waals surface area contributed by atoms with Crippen molar-refractivity contribution in [2.45, 2.75) is 31.6 Å². The summed E-state index contributed by atoms with van der Waals surface area (Å²) in [5.41, 5.74) is 18.3. The number of nitrogens with zero attached hydrogens (tertiary/aromatic N) is 5. The van der Waals surface area contributed by atoms with Crippen molar-refractivity contribution >= 4 is 55.9 Å². The molecule has 0 saturated carbocycles. The smallest absolute Gasteiger partial charge is 0.135 e. The number of para-hydroxylation sites is 3. The first-order valence-electron chi connectivity index (χ1n) is 24.4. The Bertz CT molecular complexity index is 3710. The van der Waals surface area contributed by atoms with Gasteiger partial charge in [-0.2, -0.15) is 6.07 Å². The summed E-state index contributed by atoms with van der Waals surface area (Å²) in [6.07, 6.45) is 1.95. The number of rotatable bonds is 9. The third kappa shape index (κ3) is 7.05. The second-order valence-electron chi connectivity index (χ2n) is 19.7. The van der Waals surface area contributed by atoms with Gasteiger partial charge in [0.15, 0.2) is 0 Å². The van der Waals surface area contributed by atoms with Crippen molar-refractivity contribution in [3.63, 3.8) is 0 Å². The van der Waals surface area contributed by atoms with Gasteiger partial charge in [0.25, 0.3) is 0 Å². The molecule has 1 aliphatic carbocycles. The van der Waals surface area contributed by atoms with E-state index >= 15 is 0 Å². The number of benzene rings is 9. The van der Waals surface area contributed by atoms with Gasteiger partial charge in [-0.05, 0) is 74.5 Å². The van der Waals surface area contributed by atoms with Gasteiger partial charge in [-0.15, -0.1) is 48.3 Å². The quantitative estimate of drug-likeness (QED) is 0.135. The summed E-state index contributed by atoms with van der Waals surface area (Å²) in [6, 6.07) is 86.8. The van der Waals surface area contributed by atoms with E-state index in [-0.39, 0.29) is 26.5 Å². The van der Waals surface area contributed by atoms with Crippen molar-refractivity contribution in [2.24, 2.45) is 0 Å². The molecular formula is C66H50N5Pt-3. The zero-order chi connectivity index (χ0) is 47.8. The van der Waals surface area contributed by atoms with E-state index in [1.54, 1.807) is 0 Å². The summed E-state index contributed by atoms with van der Waals surface area (Å²) >= 11 is 0. The van der Waals surface area contributed by atoms with Crippen LogP contribution in [-0.4, -0.2) is 16.6 Å². The van der Waals surface area contributed by atoms with E-state index in [2.05, 4.69) is 284 Å². The number of aromatic nitrogens is 2. The molecule has 9 aromatic carbocycles. The minimum Gasteiger partial charge on any atom is -0.493 e. The zero-order valence-corrected chi connectivity index (χ0v) is 42.8. The Morgan fingerprint density at radius 3 is 1.72 bits per heavy atom. The molecule has 0 amide bonds. The maximum absolute atomic E-state index is 5.09. The maximum atomic E-state index is 5.09. The van der Waals surface area contributed by atoms with Crippen LogP contribution < -0.4 is 14.7 Å². The van der Waals surface area contributed by atoms with Crippen LogP contribution >= 0.6 is 0 Å². The molecule has 6 heteroatoms. The molecule has 0 fully saturated rings. The second-order valence-corrected chi connectivity index (χ2v) is 19.7. The fraction of sp³-hybridized carbons (Fsp3) is 0.0909. The summed E-state index contributed by atoms with van der Waals surface area (Å²) in [7, 11) is 2.15. The zero-order valence-electron chi connectivity index (χ0n) is 40.5. The van der Waals surface area contributed by atoms with Crippen LogP contribution in [0.5, 0.6) is 0 Å². The molecule has 0 unspecified atom stereocenters. The van der Waals surface area contributed by atoms with Gasteiger partial charge < -0.3 is 19.3 Å². The average Bonchev–Trinajstić information content (AvgIpc) is 4.08. The number of pyridine rings is 1. The van der Waals surface area contributed by atoms with Crippen LogP contribution in [0.25, 0.3) is 49.9 Å².